The van der Waals surface area contributed by atoms with Crippen molar-refractivity contribution in [1.82, 2.24) is 10.5 Å². The Morgan fingerprint density at radius 1 is 0.811 bits per heavy atom. The Bertz CT molecular complexity index is 1580. The Balaban J connectivity index is -0.000000135. The minimum Gasteiger partial charge on any atom is -1.00 e. The van der Waals surface area contributed by atoms with Gasteiger partial charge in [0.05, 0.1) is 45.1 Å². The van der Waals surface area contributed by atoms with E-state index in [0.717, 1.165) is 18.3 Å². The third kappa shape index (κ3) is 24.8. The van der Waals surface area contributed by atoms with Crippen LogP contribution in [-0.2, 0) is 14.4 Å². The van der Waals surface area contributed by atoms with Crippen molar-refractivity contribution in [2.75, 3.05) is 41.5 Å². The van der Waals surface area contributed by atoms with E-state index in [4.69, 9.17) is 69.2 Å². The van der Waals surface area contributed by atoms with Gasteiger partial charge in [0.2, 0.25) is 0 Å². The number of hydroxylamine groups is 3. The molecule has 1 fully saturated rings. The molecule has 4 rings (SSSR count). The Morgan fingerprint density at radius 3 is 1.38 bits per heavy atom. The fourth-order valence-corrected chi connectivity index (χ4v) is 3.94. The number of carboxylic acids is 1. The van der Waals surface area contributed by atoms with E-state index in [1.165, 1.54) is 76.4 Å². The number of ether oxygens (including phenoxy) is 1. The van der Waals surface area contributed by atoms with Crippen molar-refractivity contribution in [3.8, 4) is 0 Å². The summed E-state index contributed by atoms with van der Waals surface area (Å²) < 4.78 is 4.94. The van der Waals surface area contributed by atoms with Gasteiger partial charge in [0.15, 0.2) is 22.8 Å². The summed E-state index contributed by atoms with van der Waals surface area (Å²) in [6, 6.07) is 13.2. The summed E-state index contributed by atoms with van der Waals surface area (Å²) in [6.07, 6.45) is 2.56. The Hall–Kier alpha value is -3.01. The quantitative estimate of drug-likeness (QED) is 0.123. The molecule has 3 aromatic rings. The number of hydrogen-bond donors (Lipinski definition) is 2. The summed E-state index contributed by atoms with van der Waals surface area (Å²) in [5.41, 5.74) is 4.41. The summed E-state index contributed by atoms with van der Waals surface area (Å²) in [7, 11) is 6.15. The van der Waals surface area contributed by atoms with Crippen LogP contribution < -0.4 is 22.5 Å². The van der Waals surface area contributed by atoms with Gasteiger partial charge in [0.1, 0.15) is 0 Å². The van der Waals surface area contributed by atoms with Crippen LogP contribution in [0.15, 0.2) is 54.6 Å². The summed E-state index contributed by atoms with van der Waals surface area (Å²) in [4.78, 5) is 51.5. The van der Waals surface area contributed by atoms with Gasteiger partial charge in [-0.3, -0.25) is 14.4 Å². The molecular formula is C35H42BrCl4MgN5O7. The van der Waals surface area contributed by atoms with E-state index >= 15 is 0 Å². The first-order valence-electron chi connectivity index (χ1n) is 13.7. The SMILES string of the molecule is C.C1CCOC1.CNOC.Cl.[Br-].[C-]#[N+]c1ccc(C(=O)N(C)OC)c(Cl)c1.[C-]#[N+]c1ccc(C(=O)O)c(Cl)c1.[C-]#[N+]c1ccc(C(C)=O)c(Cl)c1.[CH3-].[Mg+2]. The molecule has 0 bridgehead atoms. The molecule has 0 atom stereocenters. The molecule has 1 amide bonds. The molecule has 18 heteroatoms. The van der Waals surface area contributed by atoms with Gasteiger partial charge in [0.25, 0.3) is 5.91 Å². The Kier molecular flexibility index (Phi) is 42.1. The number of carboxylic acid groups (broad SMARTS) is 1. The second-order valence-electron chi connectivity index (χ2n) is 8.90. The van der Waals surface area contributed by atoms with Crippen molar-refractivity contribution < 1.29 is 50.9 Å². The first kappa shape index (κ1) is 62.0. The monoisotopic (exact) mass is 887 g/mol. The predicted molar refractivity (Wildman–Crippen MR) is 211 cm³/mol. The number of benzene rings is 3. The van der Waals surface area contributed by atoms with Crippen LogP contribution in [0.4, 0.5) is 17.1 Å². The first-order chi connectivity index (χ1) is 22.8. The van der Waals surface area contributed by atoms with Crippen molar-refractivity contribution in [2.45, 2.75) is 27.2 Å². The van der Waals surface area contributed by atoms with Gasteiger partial charge in [-0.1, -0.05) is 78.6 Å². The molecule has 12 nitrogen and oxygen atoms in total. The van der Waals surface area contributed by atoms with E-state index < -0.39 is 5.97 Å². The van der Waals surface area contributed by atoms with Crippen LogP contribution in [0.25, 0.3) is 14.5 Å². The van der Waals surface area contributed by atoms with Gasteiger partial charge in [-0.05, 0) is 38.0 Å². The molecule has 0 saturated carbocycles. The number of nitrogens with zero attached hydrogens (tertiary/aromatic N) is 4. The predicted octanol–water partition coefficient (Wildman–Crippen LogP) is 6.90. The number of ketones is 1. The molecule has 1 aliphatic rings. The second kappa shape index (κ2) is 36.0. The van der Waals surface area contributed by atoms with Gasteiger partial charge in [-0.25, -0.2) is 29.9 Å². The normalized spacial score (nSPS) is 9.60. The van der Waals surface area contributed by atoms with E-state index in [1.807, 2.05) is 0 Å². The third-order valence-electron chi connectivity index (χ3n) is 5.68. The number of nitrogens with one attached hydrogen (secondary N) is 1. The maximum Gasteiger partial charge on any atom is 2.00 e. The van der Waals surface area contributed by atoms with Crippen LogP contribution >= 0.6 is 47.2 Å². The molecule has 0 spiro atoms. The molecule has 53 heavy (non-hydrogen) atoms. The van der Waals surface area contributed by atoms with Crippen molar-refractivity contribution >= 4 is 105 Å². The number of carbonyl (C=O) groups is 3. The van der Waals surface area contributed by atoms with Crippen molar-refractivity contribution in [2.24, 2.45) is 0 Å². The average molecular weight is 891 g/mol. The topological polar surface area (TPSA) is 127 Å². The molecule has 0 aromatic heterocycles. The van der Waals surface area contributed by atoms with E-state index in [1.54, 1.807) is 26.3 Å². The zero-order valence-corrected chi connectivity index (χ0v) is 35.4. The first-order valence-corrected chi connectivity index (χ1v) is 14.8. The molecule has 1 saturated heterocycles. The maximum absolute atomic E-state index is 11.6. The molecule has 1 aliphatic heterocycles. The largest absolute Gasteiger partial charge is 2.00 e. The molecule has 1 heterocycles. The second-order valence-corrected chi connectivity index (χ2v) is 10.1. The van der Waals surface area contributed by atoms with E-state index in [9.17, 15) is 14.4 Å². The molecule has 0 aliphatic carbocycles. The molecular weight excluding hydrogens is 848 g/mol. The summed E-state index contributed by atoms with van der Waals surface area (Å²) in [5, 5.41) is 10.3. The van der Waals surface area contributed by atoms with Gasteiger partial charge in [-0.15, -0.1) is 12.4 Å². The minimum absolute atomic E-state index is 0. The fraction of sp³-hybridized carbons (Fsp3) is 0.286. The number of aromatic carboxylic acids is 1. The zero-order chi connectivity index (χ0) is 36.6. The fourth-order valence-electron chi connectivity index (χ4n) is 3.12. The van der Waals surface area contributed by atoms with Gasteiger partial charge in [0, 0.05) is 47.9 Å². The molecule has 3 aromatic carbocycles. The number of halogens is 5. The molecule has 0 unspecified atom stereocenters. The van der Waals surface area contributed by atoms with Crippen LogP contribution in [-0.4, -0.2) is 92.4 Å². The van der Waals surface area contributed by atoms with Crippen molar-refractivity contribution in [1.29, 1.82) is 0 Å². The minimum atomic E-state index is -1.09. The van der Waals surface area contributed by atoms with E-state index in [0.29, 0.717) is 33.2 Å². The smallest absolute Gasteiger partial charge is 1.00 e. The number of rotatable bonds is 5. The van der Waals surface area contributed by atoms with Crippen LogP contribution in [0.2, 0.25) is 15.1 Å². The van der Waals surface area contributed by atoms with Crippen LogP contribution in [0.5, 0.6) is 0 Å². The standard InChI is InChI=1S/C10H9ClN2O2.C9H6ClNO.C8H4ClNO2.C4H8O.C2H7NO.CH4.CH3.BrH.ClH.Mg/c1-12-7-4-5-8(9(11)6-7)10(14)13(2)15-3;1-6(12)8-4-3-7(11-2)5-9(8)10;1-10-5-2-3-6(8(11)12)7(9)4-5;1-2-4-5-3-1;1-3-4-2;;;;;/h4-6H,2-3H3;3-5H,1H3;2-4H,(H,11,12);1-4H2;3H,1-2H3;1H4;1H3;2*1H;/q;;;;;;-1;;;+2/p-1. The van der Waals surface area contributed by atoms with Crippen LogP contribution in [0.1, 0.15) is 58.3 Å². The number of amides is 1. The third-order valence-corrected chi connectivity index (χ3v) is 6.61. The van der Waals surface area contributed by atoms with Gasteiger partial charge in [-0.2, -0.15) is 0 Å². The van der Waals surface area contributed by atoms with Gasteiger partial charge >= 0.3 is 29.0 Å². The summed E-state index contributed by atoms with van der Waals surface area (Å²) in [6.45, 7) is 23.6. The zero-order valence-electron chi connectivity index (χ0n) is 29.3. The van der Waals surface area contributed by atoms with Crippen molar-refractivity contribution in [3.63, 3.8) is 0 Å². The van der Waals surface area contributed by atoms with E-state index in [-0.39, 0.29) is 94.6 Å². The number of carbonyl (C=O) groups excluding carboxylic acids is 2. The molecule has 2 N–H and O–H groups in total. The van der Waals surface area contributed by atoms with Crippen LogP contribution in [0, 0.1) is 27.1 Å². The number of Topliss-reactive ketones (excluding diaryl/α,β-unsaturated/α-hetero) is 1. The summed E-state index contributed by atoms with van der Waals surface area (Å²) >= 11 is 17.2. The molecule has 286 valence electrons. The Morgan fingerprint density at radius 2 is 1.15 bits per heavy atom. The Labute approximate surface area is 360 Å². The van der Waals surface area contributed by atoms with E-state index in [2.05, 4.69) is 24.9 Å². The maximum atomic E-state index is 11.6. The van der Waals surface area contributed by atoms with Crippen LogP contribution in [0.3, 0.4) is 0 Å². The van der Waals surface area contributed by atoms with Gasteiger partial charge < -0.3 is 39.1 Å². The number of hydrogen-bond acceptors (Lipinski definition) is 7. The molecule has 0 radical (unpaired) electrons. The van der Waals surface area contributed by atoms with Crippen molar-refractivity contribution in [3.05, 3.63) is 128 Å². The summed E-state index contributed by atoms with van der Waals surface area (Å²) in [5.74, 6) is -1.52. The average Bonchev–Trinajstić information content (AvgIpc) is 3.68.